The van der Waals surface area contributed by atoms with Crippen molar-refractivity contribution in [2.45, 2.75) is 51.2 Å². The molecule has 5 nitrogen and oxygen atoms in total. The Morgan fingerprint density at radius 2 is 1.81 bits per heavy atom. The summed E-state index contributed by atoms with van der Waals surface area (Å²) in [5.74, 6) is 0. The van der Waals surface area contributed by atoms with Gasteiger partial charge in [-0.3, -0.25) is 4.90 Å². The second kappa shape index (κ2) is 7.89. The summed E-state index contributed by atoms with van der Waals surface area (Å²) < 4.78 is 27.2. The van der Waals surface area contributed by atoms with Crippen LogP contribution >= 0.6 is 0 Å². The predicted molar refractivity (Wildman–Crippen MR) is 86.5 cm³/mol. The summed E-state index contributed by atoms with van der Waals surface area (Å²) in [6, 6.07) is 7.50. The zero-order chi connectivity index (χ0) is 16.0. The van der Waals surface area contributed by atoms with Crippen LogP contribution in [0.5, 0.6) is 0 Å². The molecule has 0 heterocycles. The molecular weight excluding hydrogens is 286 g/mol. The highest BCUT2D eigenvalue weighted by atomic mass is 32.2. The lowest BCUT2D eigenvalue weighted by molar-refractivity contribution is 0.179. The van der Waals surface area contributed by atoms with Crippen molar-refractivity contribution in [3.8, 4) is 0 Å². The molecule has 0 aliphatic rings. The highest BCUT2D eigenvalue weighted by Gasteiger charge is 2.17. The van der Waals surface area contributed by atoms with Crippen molar-refractivity contribution >= 4 is 10.0 Å². The number of hydrogen-bond donors (Lipinski definition) is 2. The lowest BCUT2D eigenvalue weighted by Crippen LogP contribution is -2.42. The Bertz CT molecular complexity index is 534. The largest absolute Gasteiger partial charge is 0.326 e. The van der Waals surface area contributed by atoms with Crippen molar-refractivity contribution in [1.82, 2.24) is 9.62 Å². The van der Waals surface area contributed by atoms with Crippen LogP contribution in [0.1, 0.15) is 33.3 Å². The number of hydrogen-bond acceptors (Lipinski definition) is 4. The van der Waals surface area contributed by atoms with Gasteiger partial charge < -0.3 is 5.73 Å². The van der Waals surface area contributed by atoms with Crippen LogP contribution in [0.3, 0.4) is 0 Å². The van der Waals surface area contributed by atoms with E-state index < -0.39 is 10.0 Å². The molecular formula is C15H27N3O2S. The van der Waals surface area contributed by atoms with Crippen LogP contribution in [0.15, 0.2) is 29.2 Å². The van der Waals surface area contributed by atoms with Crippen LogP contribution in [0, 0.1) is 0 Å². The lowest BCUT2D eigenvalue weighted by Gasteiger charge is -2.30. The van der Waals surface area contributed by atoms with Gasteiger partial charge in [0.2, 0.25) is 10.0 Å². The second-order valence-electron chi connectivity index (χ2n) is 5.67. The summed E-state index contributed by atoms with van der Waals surface area (Å²) in [4.78, 5) is 2.52. The standard InChI is InChI=1S/C15H27N3O2S/c1-12(2)18(13(3)4)9-8-17-21(19,20)15-7-5-6-14(10-15)11-16/h5-7,10,12-13,17H,8-9,11,16H2,1-4H3. The van der Waals surface area contributed by atoms with E-state index in [1.807, 2.05) is 6.07 Å². The second-order valence-corrected chi connectivity index (χ2v) is 7.44. The molecule has 0 bridgehead atoms. The molecule has 0 radical (unpaired) electrons. The molecule has 0 saturated heterocycles. The first-order valence-electron chi connectivity index (χ1n) is 7.32. The molecule has 0 aromatic heterocycles. The first kappa shape index (κ1) is 18.1. The molecule has 0 amide bonds. The molecule has 0 aliphatic carbocycles. The van der Waals surface area contributed by atoms with Crippen molar-refractivity contribution in [2.24, 2.45) is 5.73 Å². The van der Waals surface area contributed by atoms with Gasteiger partial charge in [0.25, 0.3) is 0 Å². The quantitative estimate of drug-likeness (QED) is 0.763. The minimum atomic E-state index is -3.47. The first-order chi connectivity index (χ1) is 9.77. The molecule has 0 aliphatic heterocycles. The van der Waals surface area contributed by atoms with Gasteiger partial charge in [-0.2, -0.15) is 0 Å². The fourth-order valence-corrected chi connectivity index (χ4v) is 3.44. The summed E-state index contributed by atoms with van der Waals surface area (Å²) in [7, 11) is -3.47. The fourth-order valence-electron chi connectivity index (χ4n) is 2.34. The topological polar surface area (TPSA) is 75.4 Å². The van der Waals surface area contributed by atoms with Crippen molar-refractivity contribution in [1.29, 1.82) is 0 Å². The number of nitrogens with one attached hydrogen (secondary N) is 1. The van der Waals surface area contributed by atoms with Gasteiger partial charge in [-0.1, -0.05) is 12.1 Å². The summed E-state index contributed by atoms with van der Waals surface area (Å²) >= 11 is 0. The van der Waals surface area contributed by atoms with E-state index in [1.54, 1.807) is 18.2 Å². The monoisotopic (exact) mass is 313 g/mol. The van der Waals surface area contributed by atoms with E-state index in [4.69, 9.17) is 5.73 Å². The van der Waals surface area contributed by atoms with Gasteiger partial charge >= 0.3 is 0 Å². The SMILES string of the molecule is CC(C)N(CCNS(=O)(=O)c1cccc(CN)c1)C(C)C. The highest BCUT2D eigenvalue weighted by Crippen LogP contribution is 2.11. The maximum atomic E-state index is 12.3. The predicted octanol–water partition coefficient (Wildman–Crippen LogP) is 1.54. The van der Waals surface area contributed by atoms with Gasteiger partial charge in [-0.05, 0) is 45.4 Å². The lowest BCUT2D eigenvalue weighted by atomic mass is 10.2. The number of rotatable bonds is 8. The smallest absolute Gasteiger partial charge is 0.240 e. The van der Waals surface area contributed by atoms with Gasteiger partial charge in [0.05, 0.1) is 4.90 Å². The van der Waals surface area contributed by atoms with Crippen molar-refractivity contribution in [2.75, 3.05) is 13.1 Å². The van der Waals surface area contributed by atoms with E-state index in [9.17, 15) is 8.42 Å². The third kappa shape index (κ3) is 5.39. The summed E-state index contributed by atoms with van der Waals surface area (Å²) in [5, 5.41) is 0. The third-order valence-corrected chi connectivity index (χ3v) is 4.89. The molecule has 0 saturated carbocycles. The molecule has 6 heteroatoms. The van der Waals surface area contributed by atoms with Crippen LogP contribution in [0.4, 0.5) is 0 Å². The third-order valence-electron chi connectivity index (χ3n) is 3.43. The Balaban J connectivity index is 2.68. The summed E-state index contributed by atoms with van der Waals surface area (Å²) in [5.41, 5.74) is 6.36. The molecule has 0 atom stereocenters. The molecule has 120 valence electrons. The Labute approximate surface area is 128 Å². The van der Waals surface area contributed by atoms with Crippen LogP contribution in [0.2, 0.25) is 0 Å². The molecule has 1 aromatic carbocycles. The zero-order valence-corrected chi connectivity index (χ0v) is 14.2. The fraction of sp³-hybridized carbons (Fsp3) is 0.600. The van der Waals surface area contributed by atoms with Gasteiger partial charge in [0, 0.05) is 31.7 Å². The van der Waals surface area contributed by atoms with Gasteiger partial charge in [-0.25, -0.2) is 13.1 Å². The van der Waals surface area contributed by atoms with Crippen LogP contribution in [-0.4, -0.2) is 38.5 Å². The first-order valence-corrected chi connectivity index (χ1v) is 8.80. The van der Waals surface area contributed by atoms with Gasteiger partial charge in [0.1, 0.15) is 0 Å². The summed E-state index contributed by atoms with van der Waals surface area (Å²) in [6.07, 6.45) is 0. The van der Waals surface area contributed by atoms with Crippen molar-refractivity contribution in [3.05, 3.63) is 29.8 Å². The Morgan fingerprint density at radius 3 is 2.33 bits per heavy atom. The average molecular weight is 313 g/mol. The molecule has 0 unspecified atom stereocenters. The molecule has 1 aromatic rings. The average Bonchev–Trinajstić information content (AvgIpc) is 2.42. The zero-order valence-electron chi connectivity index (χ0n) is 13.3. The number of nitrogens with zero attached hydrogens (tertiary/aromatic N) is 1. The van der Waals surface area contributed by atoms with E-state index >= 15 is 0 Å². The number of benzene rings is 1. The van der Waals surface area contributed by atoms with Crippen molar-refractivity contribution < 1.29 is 8.42 Å². The van der Waals surface area contributed by atoms with E-state index in [0.29, 0.717) is 31.7 Å². The van der Waals surface area contributed by atoms with E-state index in [2.05, 4.69) is 37.3 Å². The number of nitrogens with two attached hydrogens (primary N) is 1. The molecule has 21 heavy (non-hydrogen) atoms. The van der Waals surface area contributed by atoms with Crippen LogP contribution < -0.4 is 10.5 Å². The van der Waals surface area contributed by atoms with Gasteiger partial charge in [0.15, 0.2) is 0 Å². The van der Waals surface area contributed by atoms with E-state index in [-0.39, 0.29) is 4.90 Å². The Morgan fingerprint density at radius 1 is 1.19 bits per heavy atom. The molecule has 3 N–H and O–H groups in total. The van der Waals surface area contributed by atoms with Crippen LogP contribution in [0.25, 0.3) is 0 Å². The highest BCUT2D eigenvalue weighted by molar-refractivity contribution is 7.89. The van der Waals surface area contributed by atoms with E-state index in [0.717, 1.165) is 5.56 Å². The normalized spacial score (nSPS) is 12.6. The Kier molecular flexibility index (Phi) is 6.80. The molecule has 0 fully saturated rings. The molecule has 0 spiro atoms. The molecule has 1 rings (SSSR count). The Hall–Kier alpha value is -0.950. The van der Waals surface area contributed by atoms with Gasteiger partial charge in [-0.15, -0.1) is 0 Å². The minimum Gasteiger partial charge on any atom is -0.326 e. The maximum absolute atomic E-state index is 12.3. The summed E-state index contributed by atoms with van der Waals surface area (Å²) in [6.45, 7) is 9.85. The van der Waals surface area contributed by atoms with Crippen molar-refractivity contribution in [3.63, 3.8) is 0 Å². The van der Waals surface area contributed by atoms with Crippen LogP contribution in [-0.2, 0) is 16.6 Å². The minimum absolute atomic E-state index is 0.270. The number of sulfonamides is 1. The van der Waals surface area contributed by atoms with E-state index in [1.165, 1.54) is 0 Å². The maximum Gasteiger partial charge on any atom is 0.240 e.